The number of hydrogen-bond acceptors (Lipinski definition) is 4. The molecule has 16 heavy (non-hydrogen) atoms. The second-order valence-electron chi connectivity index (χ2n) is 4.23. The summed E-state index contributed by atoms with van der Waals surface area (Å²) < 4.78 is 23.8. The van der Waals surface area contributed by atoms with Gasteiger partial charge in [-0.2, -0.15) is 0 Å². The molecule has 7 heteroatoms. The van der Waals surface area contributed by atoms with Crippen molar-refractivity contribution in [3.8, 4) is 0 Å². The SMILES string of the molecule is CC(C)(CCNCC(O)C(F)F)C(N)=NO. The van der Waals surface area contributed by atoms with Crippen molar-refractivity contribution in [3.63, 3.8) is 0 Å². The molecule has 0 rings (SSSR count). The van der Waals surface area contributed by atoms with Gasteiger partial charge < -0.3 is 21.4 Å². The summed E-state index contributed by atoms with van der Waals surface area (Å²) >= 11 is 0. The van der Waals surface area contributed by atoms with Crippen molar-refractivity contribution in [2.24, 2.45) is 16.3 Å². The lowest BCUT2D eigenvalue weighted by Crippen LogP contribution is -2.37. The molecular formula is C9H19F2N3O2. The zero-order valence-corrected chi connectivity index (χ0v) is 9.45. The Kier molecular flexibility index (Phi) is 6.20. The number of hydrogen-bond donors (Lipinski definition) is 4. The zero-order chi connectivity index (χ0) is 12.8. The molecular weight excluding hydrogens is 220 g/mol. The first-order chi connectivity index (χ1) is 7.31. The van der Waals surface area contributed by atoms with Crippen molar-refractivity contribution >= 4 is 5.84 Å². The summed E-state index contributed by atoms with van der Waals surface area (Å²) in [6.07, 6.45) is -3.89. The van der Waals surface area contributed by atoms with E-state index in [9.17, 15) is 8.78 Å². The van der Waals surface area contributed by atoms with Gasteiger partial charge in [-0.05, 0) is 13.0 Å². The number of nitrogens with zero attached hydrogens (tertiary/aromatic N) is 1. The minimum Gasteiger partial charge on any atom is -0.409 e. The first-order valence-electron chi connectivity index (χ1n) is 4.96. The predicted octanol–water partition coefficient (Wildman–Crippen LogP) is 0.365. The number of alkyl halides is 2. The van der Waals surface area contributed by atoms with Gasteiger partial charge in [0.05, 0.1) is 0 Å². The average Bonchev–Trinajstić information content (AvgIpc) is 2.22. The van der Waals surface area contributed by atoms with Gasteiger partial charge >= 0.3 is 0 Å². The molecule has 0 aromatic carbocycles. The maximum atomic E-state index is 11.9. The van der Waals surface area contributed by atoms with E-state index in [1.807, 2.05) is 0 Å². The Morgan fingerprint density at radius 3 is 2.50 bits per heavy atom. The van der Waals surface area contributed by atoms with Crippen LogP contribution in [-0.2, 0) is 0 Å². The quantitative estimate of drug-likeness (QED) is 0.170. The highest BCUT2D eigenvalue weighted by Crippen LogP contribution is 2.19. The lowest BCUT2D eigenvalue weighted by atomic mass is 9.88. The van der Waals surface area contributed by atoms with Gasteiger partial charge in [0.1, 0.15) is 11.9 Å². The molecule has 5 nitrogen and oxygen atoms in total. The summed E-state index contributed by atoms with van der Waals surface area (Å²) in [5, 5.41) is 22.9. The molecule has 1 unspecified atom stereocenters. The van der Waals surface area contributed by atoms with Gasteiger partial charge in [0.25, 0.3) is 6.43 Å². The number of amidine groups is 1. The fourth-order valence-electron chi connectivity index (χ4n) is 1.00. The molecule has 0 aliphatic rings. The minimum atomic E-state index is -2.75. The van der Waals surface area contributed by atoms with Crippen molar-refractivity contribution in [1.82, 2.24) is 5.32 Å². The molecule has 96 valence electrons. The standard InChI is InChI=1S/C9H19F2N3O2/c1-9(2,8(12)14-16)3-4-13-5-6(15)7(10)11/h6-7,13,15-16H,3-5H2,1-2H3,(H2,12,14). The van der Waals surface area contributed by atoms with Crippen molar-refractivity contribution in [3.05, 3.63) is 0 Å². The Labute approximate surface area is 93.3 Å². The van der Waals surface area contributed by atoms with Crippen LogP contribution in [0.3, 0.4) is 0 Å². The Bertz CT molecular complexity index is 235. The summed E-state index contributed by atoms with van der Waals surface area (Å²) in [6, 6.07) is 0. The van der Waals surface area contributed by atoms with Crippen LogP contribution in [0.5, 0.6) is 0 Å². The fourth-order valence-corrected chi connectivity index (χ4v) is 1.00. The molecule has 0 spiro atoms. The highest BCUT2D eigenvalue weighted by atomic mass is 19.3. The molecule has 0 aromatic rings. The van der Waals surface area contributed by atoms with E-state index in [1.165, 1.54) is 0 Å². The van der Waals surface area contributed by atoms with Gasteiger partial charge in [0, 0.05) is 12.0 Å². The third kappa shape index (κ3) is 5.22. The van der Waals surface area contributed by atoms with Crippen LogP contribution >= 0.6 is 0 Å². The van der Waals surface area contributed by atoms with E-state index in [2.05, 4.69) is 10.5 Å². The third-order valence-corrected chi connectivity index (χ3v) is 2.37. The van der Waals surface area contributed by atoms with E-state index in [0.29, 0.717) is 13.0 Å². The third-order valence-electron chi connectivity index (χ3n) is 2.37. The molecule has 1 atom stereocenters. The van der Waals surface area contributed by atoms with Crippen LogP contribution in [0.25, 0.3) is 0 Å². The number of aliphatic hydroxyl groups is 1. The minimum absolute atomic E-state index is 0.0868. The molecule has 5 N–H and O–H groups in total. The summed E-state index contributed by atoms with van der Waals surface area (Å²) in [4.78, 5) is 0. The molecule has 0 bridgehead atoms. The molecule has 0 aliphatic carbocycles. The van der Waals surface area contributed by atoms with Crippen LogP contribution < -0.4 is 11.1 Å². The van der Waals surface area contributed by atoms with E-state index >= 15 is 0 Å². The summed E-state index contributed by atoms with van der Waals surface area (Å²) in [7, 11) is 0. The lowest BCUT2D eigenvalue weighted by molar-refractivity contribution is -0.00332. The van der Waals surface area contributed by atoms with Crippen molar-refractivity contribution < 1.29 is 19.1 Å². The van der Waals surface area contributed by atoms with Gasteiger partial charge in [0.15, 0.2) is 0 Å². The summed E-state index contributed by atoms with van der Waals surface area (Å²) in [5.74, 6) is 0.0868. The van der Waals surface area contributed by atoms with Crippen LogP contribution in [0.2, 0.25) is 0 Å². The van der Waals surface area contributed by atoms with E-state index < -0.39 is 17.9 Å². The van der Waals surface area contributed by atoms with Gasteiger partial charge in [-0.1, -0.05) is 19.0 Å². The summed E-state index contributed by atoms with van der Waals surface area (Å²) in [5.41, 5.74) is 4.93. The monoisotopic (exact) mass is 239 g/mol. The number of oxime groups is 1. The number of nitrogens with two attached hydrogens (primary N) is 1. The number of halogens is 2. The largest absolute Gasteiger partial charge is 0.409 e. The van der Waals surface area contributed by atoms with Crippen molar-refractivity contribution in [2.75, 3.05) is 13.1 Å². The number of rotatable bonds is 7. The average molecular weight is 239 g/mol. The van der Waals surface area contributed by atoms with Crippen LogP contribution in [0.4, 0.5) is 8.78 Å². The highest BCUT2D eigenvalue weighted by Gasteiger charge is 2.23. The topological polar surface area (TPSA) is 90.9 Å². The van der Waals surface area contributed by atoms with Gasteiger partial charge in [-0.15, -0.1) is 0 Å². The zero-order valence-electron chi connectivity index (χ0n) is 9.45. The van der Waals surface area contributed by atoms with Crippen molar-refractivity contribution in [2.45, 2.75) is 32.8 Å². The fraction of sp³-hybridized carbons (Fsp3) is 0.889. The second-order valence-corrected chi connectivity index (χ2v) is 4.23. The molecule has 0 amide bonds. The molecule has 0 aromatic heterocycles. The maximum absolute atomic E-state index is 11.9. The van der Waals surface area contributed by atoms with Gasteiger partial charge in [-0.25, -0.2) is 8.78 Å². The van der Waals surface area contributed by atoms with Gasteiger partial charge in [0.2, 0.25) is 0 Å². The Morgan fingerprint density at radius 1 is 1.50 bits per heavy atom. The van der Waals surface area contributed by atoms with Crippen LogP contribution in [0, 0.1) is 5.41 Å². The molecule has 0 saturated heterocycles. The number of aliphatic hydroxyl groups excluding tert-OH is 1. The number of nitrogens with one attached hydrogen (secondary N) is 1. The summed E-state index contributed by atoms with van der Waals surface area (Å²) in [6.45, 7) is 3.76. The predicted molar refractivity (Wildman–Crippen MR) is 56.7 cm³/mol. The van der Waals surface area contributed by atoms with E-state index in [4.69, 9.17) is 16.0 Å². The van der Waals surface area contributed by atoms with Crippen LogP contribution in [-0.4, -0.2) is 41.8 Å². The van der Waals surface area contributed by atoms with E-state index in [0.717, 1.165) is 0 Å². The van der Waals surface area contributed by atoms with E-state index in [-0.39, 0.29) is 12.4 Å². The first kappa shape index (κ1) is 15.0. The smallest absolute Gasteiger partial charge is 0.265 e. The van der Waals surface area contributed by atoms with Gasteiger partial charge in [-0.3, -0.25) is 0 Å². The second kappa shape index (κ2) is 6.59. The van der Waals surface area contributed by atoms with Crippen LogP contribution in [0.15, 0.2) is 5.16 Å². The first-order valence-corrected chi connectivity index (χ1v) is 4.96. The maximum Gasteiger partial charge on any atom is 0.265 e. The normalized spacial score (nSPS) is 15.5. The Morgan fingerprint density at radius 2 is 2.06 bits per heavy atom. The highest BCUT2D eigenvalue weighted by molar-refractivity contribution is 5.85. The Hall–Kier alpha value is -0.950. The molecule has 0 heterocycles. The van der Waals surface area contributed by atoms with Crippen molar-refractivity contribution in [1.29, 1.82) is 0 Å². The molecule has 0 saturated carbocycles. The Balaban J connectivity index is 3.82. The van der Waals surface area contributed by atoms with E-state index in [1.54, 1.807) is 13.8 Å². The molecule has 0 aliphatic heterocycles. The molecule has 0 fully saturated rings. The lowest BCUT2D eigenvalue weighted by Gasteiger charge is -2.23. The van der Waals surface area contributed by atoms with Crippen LogP contribution in [0.1, 0.15) is 20.3 Å². The molecule has 0 radical (unpaired) electrons.